The number of carbonyl (C=O) groups excluding carboxylic acids is 2. The summed E-state index contributed by atoms with van der Waals surface area (Å²) in [6.45, 7) is 4.89. The fourth-order valence-electron chi connectivity index (χ4n) is 2.21. The maximum atomic E-state index is 12.1. The molecule has 0 aliphatic carbocycles. The molecule has 1 aromatic rings. The van der Waals surface area contributed by atoms with Crippen molar-refractivity contribution >= 4 is 29.4 Å². The molecule has 146 valence electrons. The van der Waals surface area contributed by atoms with E-state index in [0.29, 0.717) is 12.1 Å². The third-order valence-electron chi connectivity index (χ3n) is 3.76. The predicted molar refractivity (Wildman–Crippen MR) is 95.5 cm³/mol. The Labute approximate surface area is 155 Å². The van der Waals surface area contributed by atoms with Gasteiger partial charge < -0.3 is 15.3 Å². The molecule has 1 fully saturated rings. The van der Waals surface area contributed by atoms with Crippen LogP contribution >= 0.6 is 0 Å². The van der Waals surface area contributed by atoms with Gasteiger partial charge in [0.05, 0.1) is 11.3 Å². The zero-order valence-electron chi connectivity index (χ0n) is 14.8. The Morgan fingerprint density at radius 2 is 1.81 bits per heavy atom. The molecule has 9 heteroatoms. The van der Waals surface area contributed by atoms with E-state index in [-0.39, 0.29) is 11.8 Å². The van der Waals surface area contributed by atoms with Gasteiger partial charge in [0.1, 0.15) is 5.92 Å². The summed E-state index contributed by atoms with van der Waals surface area (Å²) in [5, 5.41) is 25.9. The van der Waals surface area contributed by atoms with Crippen LogP contribution in [0.5, 0.6) is 0 Å². The van der Waals surface area contributed by atoms with Crippen molar-refractivity contribution in [3.05, 3.63) is 42.5 Å². The lowest BCUT2D eigenvalue weighted by Crippen LogP contribution is -2.35. The predicted octanol–water partition coefficient (Wildman–Crippen LogP) is 0.943. The van der Waals surface area contributed by atoms with E-state index in [4.69, 9.17) is 15.3 Å². The summed E-state index contributed by atoms with van der Waals surface area (Å²) in [5.41, 5.74) is 2.59. The Morgan fingerprint density at radius 1 is 1.22 bits per heavy atom. The molecule has 1 aliphatic rings. The largest absolute Gasteiger partial charge is 0.479 e. The molecule has 2 amide bonds. The summed E-state index contributed by atoms with van der Waals surface area (Å²) < 4.78 is 0. The van der Waals surface area contributed by atoms with Gasteiger partial charge in [-0.25, -0.2) is 14.6 Å². The number of unbranched alkanes of at least 4 members (excludes halogenated alkanes) is 1. The van der Waals surface area contributed by atoms with E-state index in [2.05, 4.69) is 12.0 Å². The molecular weight excluding hydrogens is 356 g/mol. The van der Waals surface area contributed by atoms with Gasteiger partial charge in [-0.2, -0.15) is 0 Å². The molecule has 2 unspecified atom stereocenters. The SMILES string of the molecule is C=C(C(=O)O)C(O)C(=O)O.CCCCC1C(=O)NN(c2ccccc2)C1=O. The number of benzene rings is 1. The second-order valence-electron chi connectivity index (χ2n) is 5.75. The van der Waals surface area contributed by atoms with Crippen LogP contribution in [0.3, 0.4) is 0 Å². The number of aliphatic hydroxyl groups excluding tert-OH is 1. The molecule has 1 aliphatic heterocycles. The van der Waals surface area contributed by atoms with Crippen molar-refractivity contribution in [3.63, 3.8) is 0 Å². The molecule has 0 saturated carbocycles. The van der Waals surface area contributed by atoms with Crippen LogP contribution in [-0.4, -0.2) is 45.2 Å². The number of rotatable bonds is 7. The van der Waals surface area contributed by atoms with Crippen LogP contribution < -0.4 is 10.4 Å². The summed E-state index contributed by atoms with van der Waals surface area (Å²) in [5.74, 6) is -3.99. The molecule has 2 atom stereocenters. The zero-order chi connectivity index (χ0) is 20.6. The Kier molecular flexibility index (Phi) is 8.15. The summed E-state index contributed by atoms with van der Waals surface area (Å²) in [7, 11) is 0. The Bertz CT molecular complexity index is 718. The molecule has 0 radical (unpaired) electrons. The second-order valence-corrected chi connectivity index (χ2v) is 5.75. The Balaban J connectivity index is 0.000000314. The number of hydrogen-bond donors (Lipinski definition) is 4. The minimum absolute atomic E-state index is 0.144. The maximum Gasteiger partial charge on any atom is 0.337 e. The highest BCUT2D eigenvalue weighted by atomic mass is 16.4. The first-order chi connectivity index (χ1) is 12.7. The van der Waals surface area contributed by atoms with Crippen molar-refractivity contribution in [1.29, 1.82) is 0 Å². The normalized spacial score (nSPS) is 16.8. The number of hydrogen-bond acceptors (Lipinski definition) is 5. The third-order valence-corrected chi connectivity index (χ3v) is 3.76. The van der Waals surface area contributed by atoms with E-state index in [1.807, 2.05) is 25.1 Å². The van der Waals surface area contributed by atoms with Gasteiger partial charge in [-0.05, 0) is 18.6 Å². The Morgan fingerprint density at radius 3 is 2.26 bits per heavy atom. The second kappa shape index (κ2) is 10.1. The highest BCUT2D eigenvalue weighted by molar-refractivity contribution is 6.14. The van der Waals surface area contributed by atoms with E-state index >= 15 is 0 Å². The van der Waals surface area contributed by atoms with Crippen LogP contribution in [-0.2, 0) is 19.2 Å². The number of amides is 2. The molecular formula is C18H22N2O7. The number of carboxylic acids is 2. The molecule has 2 rings (SSSR count). The summed E-state index contributed by atoms with van der Waals surface area (Å²) in [6.07, 6.45) is 0.497. The topological polar surface area (TPSA) is 144 Å². The number of nitrogens with zero attached hydrogens (tertiary/aromatic N) is 1. The number of nitrogens with one attached hydrogen (secondary N) is 1. The lowest BCUT2D eigenvalue weighted by atomic mass is 10.0. The van der Waals surface area contributed by atoms with Crippen molar-refractivity contribution in [2.24, 2.45) is 5.92 Å². The van der Waals surface area contributed by atoms with Crippen molar-refractivity contribution < 1.29 is 34.5 Å². The maximum absolute atomic E-state index is 12.1. The van der Waals surface area contributed by atoms with Crippen molar-refractivity contribution in [1.82, 2.24) is 5.43 Å². The molecule has 1 heterocycles. The minimum Gasteiger partial charge on any atom is -0.479 e. The highest BCUT2D eigenvalue weighted by Gasteiger charge is 2.39. The van der Waals surface area contributed by atoms with Crippen LogP contribution in [0.2, 0.25) is 0 Å². The van der Waals surface area contributed by atoms with Crippen LogP contribution in [0, 0.1) is 5.92 Å². The number of para-hydroxylation sites is 1. The van der Waals surface area contributed by atoms with Gasteiger partial charge in [-0.3, -0.25) is 15.0 Å². The Hall–Kier alpha value is -3.20. The number of aliphatic carboxylic acids is 2. The molecule has 4 N–H and O–H groups in total. The molecule has 27 heavy (non-hydrogen) atoms. The van der Waals surface area contributed by atoms with Crippen LogP contribution in [0.1, 0.15) is 26.2 Å². The molecule has 0 bridgehead atoms. The summed E-state index contributed by atoms with van der Waals surface area (Å²) in [6, 6.07) is 9.17. The van der Waals surface area contributed by atoms with Crippen molar-refractivity contribution in [2.45, 2.75) is 32.3 Å². The molecule has 0 spiro atoms. The van der Waals surface area contributed by atoms with Gasteiger partial charge in [0.2, 0.25) is 0 Å². The van der Waals surface area contributed by atoms with E-state index in [1.165, 1.54) is 5.01 Å². The number of anilines is 1. The lowest BCUT2D eigenvalue weighted by molar-refractivity contribution is -0.147. The first-order valence-corrected chi connectivity index (χ1v) is 8.23. The fraction of sp³-hybridized carbons (Fsp3) is 0.333. The lowest BCUT2D eigenvalue weighted by Gasteiger charge is -2.14. The molecule has 1 saturated heterocycles. The number of aliphatic hydroxyl groups is 1. The van der Waals surface area contributed by atoms with Crippen LogP contribution in [0.15, 0.2) is 42.5 Å². The van der Waals surface area contributed by atoms with Gasteiger partial charge in [0.15, 0.2) is 6.10 Å². The average molecular weight is 378 g/mol. The third kappa shape index (κ3) is 5.93. The van der Waals surface area contributed by atoms with Gasteiger partial charge in [0.25, 0.3) is 11.8 Å². The first-order valence-electron chi connectivity index (χ1n) is 8.23. The van der Waals surface area contributed by atoms with Gasteiger partial charge in [-0.1, -0.05) is 44.5 Å². The van der Waals surface area contributed by atoms with Crippen LogP contribution in [0.25, 0.3) is 0 Å². The fourth-order valence-corrected chi connectivity index (χ4v) is 2.21. The zero-order valence-corrected chi connectivity index (χ0v) is 14.8. The standard InChI is InChI=1S/C13H16N2O2.C5H6O5/c1-2-3-9-11-12(16)14-15(13(11)17)10-7-5-4-6-8-10;1-2(4(7)8)3(6)5(9)10/h4-8,11H,2-3,9H2,1H3,(H,14,16);3,6H,1H2,(H,7,8)(H,9,10). The van der Waals surface area contributed by atoms with Crippen molar-refractivity contribution in [2.75, 3.05) is 5.01 Å². The van der Waals surface area contributed by atoms with Crippen LogP contribution in [0.4, 0.5) is 5.69 Å². The number of hydrazine groups is 1. The van der Waals surface area contributed by atoms with Gasteiger partial charge >= 0.3 is 11.9 Å². The van der Waals surface area contributed by atoms with Crippen molar-refractivity contribution in [3.8, 4) is 0 Å². The summed E-state index contributed by atoms with van der Waals surface area (Å²) >= 11 is 0. The monoisotopic (exact) mass is 378 g/mol. The molecule has 1 aromatic carbocycles. The van der Waals surface area contributed by atoms with Gasteiger partial charge in [-0.15, -0.1) is 0 Å². The number of carbonyl (C=O) groups is 4. The van der Waals surface area contributed by atoms with E-state index < -0.39 is 29.5 Å². The minimum atomic E-state index is -2.02. The smallest absolute Gasteiger partial charge is 0.337 e. The van der Waals surface area contributed by atoms with E-state index in [9.17, 15) is 19.2 Å². The van der Waals surface area contributed by atoms with E-state index in [0.717, 1.165) is 12.8 Å². The molecule has 9 nitrogen and oxygen atoms in total. The average Bonchev–Trinajstić information content (AvgIpc) is 2.93. The van der Waals surface area contributed by atoms with E-state index in [1.54, 1.807) is 12.1 Å². The molecule has 0 aromatic heterocycles. The highest BCUT2D eigenvalue weighted by Crippen LogP contribution is 2.22. The summed E-state index contributed by atoms with van der Waals surface area (Å²) in [4.78, 5) is 43.6. The first kappa shape index (κ1) is 21.8. The number of carboxylic acid groups (broad SMARTS) is 2. The quantitative estimate of drug-likeness (QED) is 0.408. The van der Waals surface area contributed by atoms with Gasteiger partial charge in [0, 0.05) is 0 Å².